The molecule has 4 aromatic rings. The highest BCUT2D eigenvalue weighted by Crippen LogP contribution is 2.34. The summed E-state index contributed by atoms with van der Waals surface area (Å²) in [4.78, 5) is 61.3. The van der Waals surface area contributed by atoms with E-state index >= 15 is 0 Å². The third-order valence-corrected chi connectivity index (χ3v) is 6.94. The number of nitrogens with zero attached hydrogens (tertiary/aromatic N) is 5. The average molecular weight is 585 g/mol. The van der Waals surface area contributed by atoms with Crippen LogP contribution in [0, 0.1) is 0 Å². The van der Waals surface area contributed by atoms with Gasteiger partial charge in [-0.25, -0.2) is 4.52 Å². The molecule has 2 atom stereocenters. The highest BCUT2D eigenvalue weighted by Gasteiger charge is 2.34. The molecule has 1 aliphatic rings. The second kappa shape index (κ2) is 13.0. The number of esters is 2. The summed E-state index contributed by atoms with van der Waals surface area (Å²) >= 11 is 0. The fourth-order valence-corrected chi connectivity index (χ4v) is 5.17. The van der Waals surface area contributed by atoms with E-state index in [1.807, 2.05) is 61.7 Å². The number of hydrogen-bond donors (Lipinski definition) is 1. The molecule has 0 radical (unpaired) electrons. The van der Waals surface area contributed by atoms with E-state index < -0.39 is 29.7 Å². The number of benzene rings is 1. The van der Waals surface area contributed by atoms with Gasteiger partial charge in [-0.05, 0) is 30.7 Å². The van der Waals surface area contributed by atoms with Crippen LogP contribution in [0.1, 0.15) is 26.2 Å². The summed E-state index contributed by atoms with van der Waals surface area (Å²) in [7, 11) is 0. The molecule has 3 aromatic heterocycles. The van der Waals surface area contributed by atoms with E-state index in [1.54, 1.807) is 21.6 Å². The molecule has 0 amide bonds. The van der Waals surface area contributed by atoms with Crippen LogP contribution in [0.25, 0.3) is 33.9 Å². The van der Waals surface area contributed by atoms with Crippen LogP contribution in [0.4, 0.5) is 0 Å². The Labute approximate surface area is 245 Å². The van der Waals surface area contributed by atoms with Crippen molar-refractivity contribution in [2.75, 3.05) is 6.54 Å². The predicted molar refractivity (Wildman–Crippen MR) is 154 cm³/mol. The maximum Gasteiger partial charge on any atom is 0.316 e. The highest BCUT2D eigenvalue weighted by molar-refractivity contribution is 5.90. The molecular formula is C30H28N6O7. The molecule has 5 rings (SSSR count). The Morgan fingerprint density at radius 3 is 2.37 bits per heavy atom. The Morgan fingerprint density at radius 1 is 0.930 bits per heavy atom. The zero-order valence-electron chi connectivity index (χ0n) is 23.2. The molecule has 0 fully saturated rings. The molecular weight excluding hydrogens is 556 g/mol. The van der Waals surface area contributed by atoms with Crippen LogP contribution >= 0.6 is 0 Å². The van der Waals surface area contributed by atoms with Gasteiger partial charge in [-0.3, -0.25) is 28.9 Å². The van der Waals surface area contributed by atoms with Crippen molar-refractivity contribution in [1.29, 1.82) is 0 Å². The van der Waals surface area contributed by atoms with Gasteiger partial charge < -0.3 is 14.8 Å². The number of rotatable bonds is 11. The zero-order valence-corrected chi connectivity index (χ0v) is 23.2. The van der Waals surface area contributed by atoms with E-state index in [2.05, 4.69) is 14.8 Å². The first-order chi connectivity index (χ1) is 20.9. The Morgan fingerprint density at radius 2 is 1.65 bits per heavy atom. The highest BCUT2D eigenvalue weighted by atomic mass is 16.6. The van der Waals surface area contributed by atoms with E-state index in [9.17, 15) is 24.0 Å². The van der Waals surface area contributed by atoms with Crippen LogP contribution in [0.2, 0.25) is 0 Å². The van der Waals surface area contributed by atoms with Gasteiger partial charge in [-0.2, -0.15) is 14.9 Å². The molecule has 13 heteroatoms. The van der Waals surface area contributed by atoms with Crippen molar-refractivity contribution in [3.05, 3.63) is 83.3 Å². The van der Waals surface area contributed by atoms with Crippen LogP contribution in [0.15, 0.2) is 77.7 Å². The minimum absolute atomic E-state index is 0.0427. The fourth-order valence-electron chi connectivity index (χ4n) is 5.17. The summed E-state index contributed by atoms with van der Waals surface area (Å²) < 4.78 is 11.9. The zero-order chi connectivity index (χ0) is 30.3. The number of carbonyl (C=O) groups excluding carboxylic acids is 4. The molecule has 13 nitrogen and oxygen atoms in total. The number of carbonyl (C=O) groups is 4. The van der Waals surface area contributed by atoms with Crippen molar-refractivity contribution < 1.29 is 28.7 Å². The number of hydrogen-bond acceptors (Lipinski definition) is 11. The van der Waals surface area contributed by atoms with Crippen molar-refractivity contribution in [1.82, 2.24) is 29.6 Å². The Bertz CT molecular complexity index is 1750. The van der Waals surface area contributed by atoms with Gasteiger partial charge in [0, 0.05) is 30.4 Å². The Hall–Kier alpha value is -5.43. The van der Waals surface area contributed by atoms with Crippen molar-refractivity contribution in [2.45, 2.75) is 38.4 Å². The monoisotopic (exact) mass is 584 g/mol. The maximum absolute atomic E-state index is 13.2. The SMILES string of the molecule is CCCN1C(CC(=O)OC=O)C=C(n2nc(-c3c(-c4ccccc4)nn4ccccc34)ccc2=O)NC1CC(=O)OC=O. The third-order valence-electron chi connectivity index (χ3n) is 6.94. The van der Waals surface area contributed by atoms with Gasteiger partial charge in [0.05, 0.1) is 35.8 Å². The lowest BCUT2D eigenvalue weighted by Gasteiger charge is -2.41. The minimum atomic E-state index is -0.808. The number of nitrogens with one attached hydrogen (secondary N) is 1. The van der Waals surface area contributed by atoms with E-state index in [4.69, 9.17) is 10.2 Å². The summed E-state index contributed by atoms with van der Waals surface area (Å²) in [5, 5.41) is 12.6. The minimum Gasteiger partial charge on any atom is -0.395 e. The summed E-state index contributed by atoms with van der Waals surface area (Å²) in [6, 6.07) is 17.5. The molecule has 1 aliphatic heterocycles. The largest absolute Gasteiger partial charge is 0.395 e. The molecule has 0 saturated heterocycles. The van der Waals surface area contributed by atoms with Gasteiger partial charge in [-0.15, -0.1) is 0 Å². The van der Waals surface area contributed by atoms with Crippen LogP contribution in [0.5, 0.6) is 0 Å². The third kappa shape index (κ3) is 6.26. The first-order valence-electron chi connectivity index (χ1n) is 13.6. The molecule has 0 aliphatic carbocycles. The topological polar surface area (TPSA) is 154 Å². The van der Waals surface area contributed by atoms with Crippen LogP contribution in [-0.4, -0.2) is 67.9 Å². The first kappa shape index (κ1) is 29.1. The van der Waals surface area contributed by atoms with Gasteiger partial charge in [0.2, 0.25) is 0 Å². The number of aromatic nitrogens is 4. The maximum atomic E-state index is 13.2. The van der Waals surface area contributed by atoms with Gasteiger partial charge in [-0.1, -0.05) is 43.3 Å². The van der Waals surface area contributed by atoms with Crippen molar-refractivity contribution in [3.63, 3.8) is 0 Å². The standard InChI is InChI=1S/C30H28N6O7/c1-2-13-34-21(16-27(40)42-18-37)15-25(31-24(34)17-28(41)43-19-38)36-26(39)12-11-22(32-36)29-23-10-6-7-14-35(23)33-30(29)20-8-4-3-5-9-20/h3-12,14-15,18-19,21,24,31H,2,13,16-17H2,1H3. The van der Waals surface area contributed by atoms with Crippen LogP contribution < -0.4 is 10.9 Å². The van der Waals surface area contributed by atoms with Crippen LogP contribution in [0.3, 0.4) is 0 Å². The summed E-state index contributed by atoms with van der Waals surface area (Å²) in [6.07, 6.45) is 2.78. The molecule has 2 unspecified atom stereocenters. The molecule has 4 heterocycles. The smallest absolute Gasteiger partial charge is 0.316 e. The van der Waals surface area contributed by atoms with Crippen molar-refractivity contribution >= 4 is 36.2 Å². The van der Waals surface area contributed by atoms with E-state index in [-0.39, 0.29) is 31.6 Å². The van der Waals surface area contributed by atoms with Crippen molar-refractivity contribution in [2.24, 2.45) is 0 Å². The molecule has 220 valence electrons. The average Bonchev–Trinajstić information content (AvgIpc) is 3.39. The second-order valence-corrected chi connectivity index (χ2v) is 9.69. The Balaban J connectivity index is 1.63. The summed E-state index contributed by atoms with van der Waals surface area (Å²) in [6.45, 7) is 2.44. The van der Waals surface area contributed by atoms with Gasteiger partial charge in [0.1, 0.15) is 11.5 Å². The fraction of sp³-hybridized carbons (Fsp3) is 0.233. The lowest BCUT2D eigenvalue weighted by molar-refractivity contribution is -0.152. The molecule has 1 N–H and O–H groups in total. The second-order valence-electron chi connectivity index (χ2n) is 9.69. The van der Waals surface area contributed by atoms with E-state index in [0.717, 1.165) is 15.8 Å². The molecule has 0 saturated carbocycles. The quantitative estimate of drug-likeness (QED) is 0.157. The first-order valence-corrected chi connectivity index (χ1v) is 13.6. The number of pyridine rings is 1. The van der Waals surface area contributed by atoms with Gasteiger partial charge >= 0.3 is 24.9 Å². The number of ether oxygens (including phenoxy) is 2. The molecule has 0 spiro atoms. The van der Waals surface area contributed by atoms with E-state index in [0.29, 0.717) is 29.9 Å². The number of fused-ring (bicyclic) bond motifs is 1. The lowest BCUT2D eigenvalue weighted by atomic mass is 10.0. The van der Waals surface area contributed by atoms with Crippen molar-refractivity contribution in [3.8, 4) is 22.5 Å². The lowest BCUT2D eigenvalue weighted by Crippen LogP contribution is -2.56. The predicted octanol–water partition coefficient (Wildman–Crippen LogP) is 2.21. The van der Waals surface area contributed by atoms with Gasteiger partial charge in [0.25, 0.3) is 5.56 Å². The molecule has 0 bridgehead atoms. The summed E-state index contributed by atoms with van der Waals surface area (Å²) in [5.41, 5.74) is 2.95. The Kier molecular flexibility index (Phi) is 8.82. The van der Waals surface area contributed by atoms with Crippen LogP contribution in [-0.2, 0) is 28.7 Å². The van der Waals surface area contributed by atoms with Gasteiger partial charge in [0.15, 0.2) is 0 Å². The normalized spacial score (nSPS) is 16.6. The van der Waals surface area contributed by atoms with E-state index in [1.165, 1.54) is 6.07 Å². The molecule has 1 aromatic carbocycles. The molecule has 43 heavy (non-hydrogen) atoms. The summed E-state index contributed by atoms with van der Waals surface area (Å²) in [5.74, 6) is -1.40.